The summed E-state index contributed by atoms with van der Waals surface area (Å²) in [6, 6.07) is 4.61. The number of hydrogen-bond acceptors (Lipinski definition) is 1. The van der Waals surface area contributed by atoms with Gasteiger partial charge in [-0.05, 0) is 30.5 Å². The smallest absolute Gasteiger partial charge is 0.142 e. The van der Waals surface area contributed by atoms with Crippen molar-refractivity contribution in [3.8, 4) is 0 Å². The standard InChI is InChI=1S/C10H6Cl2FN/c1-5-2-6-3-9(13)8(11)4-7(6)10(12)14-5/h2-4H,1H3. The Morgan fingerprint density at radius 1 is 1.21 bits per heavy atom. The van der Waals surface area contributed by atoms with Crippen molar-refractivity contribution in [1.82, 2.24) is 4.98 Å². The molecule has 0 aliphatic carbocycles. The highest BCUT2D eigenvalue weighted by atomic mass is 35.5. The maximum Gasteiger partial charge on any atom is 0.142 e. The summed E-state index contributed by atoms with van der Waals surface area (Å²) in [5, 5.41) is 1.79. The molecule has 0 saturated heterocycles. The monoisotopic (exact) mass is 229 g/mol. The minimum Gasteiger partial charge on any atom is -0.241 e. The van der Waals surface area contributed by atoms with Crippen molar-refractivity contribution in [3.05, 3.63) is 39.9 Å². The van der Waals surface area contributed by atoms with Crippen molar-refractivity contribution in [2.24, 2.45) is 0 Å². The average molecular weight is 230 g/mol. The van der Waals surface area contributed by atoms with Gasteiger partial charge in [0.05, 0.1) is 5.02 Å². The highest BCUT2D eigenvalue weighted by Crippen LogP contribution is 2.27. The van der Waals surface area contributed by atoms with E-state index in [2.05, 4.69) is 4.98 Å². The van der Waals surface area contributed by atoms with Crippen LogP contribution in [0.1, 0.15) is 5.69 Å². The molecule has 4 heteroatoms. The van der Waals surface area contributed by atoms with Gasteiger partial charge in [0.15, 0.2) is 0 Å². The molecule has 0 saturated carbocycles. The summed E-state index contributed by atoms with van der Waals surface area (Å²) in [6.07, 6.45) is 0. The zero-order valence-electron chi connectivity index (χ0n) is 7.31. The molecule has 0 radical (unpaired) electrons. The third kappa shape index (κ3) is 1.56. The lowest BCUT2D eigenvalue weighted by molar-refractivity contribution is 0.630. The van der Waals surface area contributed by atoms with Gasteiger partial charge in [0.25, 0.3) is 0 Å². The molecule has 2 aromatic rings. The number of aromatic nitrogens is 1. The van der Waals surface area contributed by atoms with Gasteiger partial charge in [0.1, 0.15) is 11.0 Å². The Morgan fingerprint density at radius 3 is 2.64 bits per heavy atom. The first kappa shape index (κ1) is 9.69. The molecule has 0 N–H and O–H groups in total. The molecule has 2 rings (SSSR count). The second-order valence-corrected chi connectivity index (χ2v) is 3.81. The average Bonchev–Trinajstić information content (AvgIpc) is 2.08. The van der Waals surface area contributed by atoms with Crippen molar-refractivity contribution in [2.45, 2.75) is 6.92 Å². The van der Waals surface area contributed by atoms with E-state index >= 15 is 0 Å². The fraction of sp³-hybridized carbons (Fsp3) is 0.100. The second-order valence-electron chi connectivity index (χ2n) is 3.04. The first-order chi connectivity index (χ1) is 6.58. The predicted molar refractivity (Wildman–Crippen MR) is 56.5 cm³/mol. The summed E-state index contributed by atoms with van der Waals surface area (Å²) in [6.45, 7) is 1.80. The Labute approximate surface area is 90.5 Å². The molecule has 0 unspecified atom stereocenters. The molecule has 1 aromatic carbocycles. The first-order valence-corrected chi connectivity index (χ1v) is 4.75. The van der Waals surface area contributed by atoms with Crippen LogP contribution in [0.2, 0.25) is 10.2 Å². The van der Waals surface area contributed by atoms with Gasteiger partial charge in [0, 0.05) is 11.1 Å². The lowest BCUT2D eigenvalue weighted by Gasteiger charge is -2.03. The van der Waals surface area contributed by atoms with Crippen molar-refractivity contribution in [1.29, 1.82) is 0 Å². The molecule has 1 aromatic heterocycles. The van der Waals surface area contributed by atoms with Crippen LogP contribution in [0.4, 0.5) is 4.39 Å². The highest BCUT2D eigenvalue weighted by Gasteiger charge is 2.06. The number of rotatable bonds is 0. The zero-order chi connectivity index (χ0) is 10.3. The minimum absolute atomic E-state index is 0.0602. The van der Waals surface area contributed by atoms with E-state index in [1.165, 1.54) is 12.1 Å². The molecule has 72 valence electrons. The van der Waals surface area contributed by atoms with Gasteiger partial charge >= 0.3 is 0 Å². The second kappa shape index (κ2) is 3.37. The molecule has 0 amide bonds. The third-order valence-electron chi connectivity index (χ3n) is 1.95. The van der Waals surface area contributed by atoms with E-state index in [0.717, 1.165) is 5.69 Å². The molecule has 14 heavy (non-hydrogen) atoms. The lowest BCUT2D eigenvalue weighted by atomic mass is 10.1. The van der Waals surface area contributed by atoms with Gasteiger partial charge in [-0.15, -0.1) is 0 Å². The minimum atomic E-state index is -0.444. The number of benzene rings is 1. The summed E-state index contributed by atoms with van der Waals surface area (Å²) in [5.74, 6) is -0.444. The molecule has 0 aliphatic rings. The fourth-order valence-electron chi connectivity index (χ4n) is 1.33. The van der Waals surface area contributed by atoms with Gasteiger partial charge in [-0.2, -0.15) is 0 Å². The van der Waals surface area contributed by atoms with E-state index in [1.54, 1.807) is 13.0 Å². The van der Waals surface area contributed by atoms with Crippen LogP contribution < -0.4 is 0 Å². The SMILES string of the molecule is Cc1cc2cc(F)c(Cl)cc2c(Cl)n1. The van der Waals surface area contributed by atoms with Gasteiger partial charge in [0.2, 0.25) is 0 Å². The van der Waals surface area contributed by atoms with Crippen LogP contribution >= 0.6 is 23.2 Å². The maximum absolute atomic E-state index is 13.1. The summed E-state index contributed by atoms with van der Waals surface area (Å²) >= 11 is 11.5. The van der Waals surface area contributed by atoms with Crippen LogP contribution in [0.15, 0.2) is 18.2 Å². The Morgan fingerprint density at radius 2 is 1.93 bits per heavy atom. The highest BCUT2D eigenvalue weighted by molar-refractivity contribution is 6.36. The Hall–Kier alpha value is -0.860. The third-order valence-corrected chi connectivity index (χ3v) is 2.53. The number of halogens is 3. The molecule has 0 fully saturated rings. The number of pyridine rings is 1. The van der Waals surface area contributed by atoms with Gasteiger partial charge in [-0.1, -0.05) is 23.2 Å². The van der Waals surface area contributed by atoms with Crippen LogP contribution in [0.25, 0.3) is 10.8 Å². The van der Waals surface area contributed by atoms with E-state index in [-0.39, 0.29) is 5.02 Å². The normalized spacial score (nSPS) is 10.9. The van der Waals surface area contributed by atoms with Crippen LogP contribution in [-0.4, -0.2) is 4.98 Å². The molecular formula is C10H6Cl2FN. The first-order valence-electron chi connectivity index (χ1n) is 4.00. The van der Waals surface area contributed by atoms with E-state index in [1.807, 2.05) is 0 Å². The van der Waals surface area contributed by atoms with Crippen LogP contribution in [0, 0.1) is 12.7 Å². The summed E-state index contributed by atoms with van der Waals surface area (Å²) in [4.78, 5) is 4.06. The van der Waals surface area contributed by atoms with Crippen molar-refractivity contribution < 1.29 is 4.39 Å². The number of aryl methyl sites for hydroxylation is 1. The lowest BCUT2D eigenvalue weighted by Crippen LogP contribution is -1.86. The Balaban J connectivity index is 2.89. The van der Waals surface area contributed by atoms with Crippen LogP contribution in [0.3, 0.4) is 0 Å². The summed E-state index contributed by atoms with van der Waals surface area (Å²) < 4.78 is 13.1. The number of fused-ring (bicyclic) bond motifs is 1. The number of nitrogens with zero attached hydrogens (tertiary/aromatic N) is 1. The quantitative estimate of drug-likeness (QED) is 0.623. The Bertz CT molecular complexity index is 511. The molecule has 0 aliphatic heterocycles. The molecule has 0 spiro atoms. The summed E-state index contributed by atoms with van der Waals surface area (Å²) in [7, 11) is 0. The van der Waals surface area contributed by atoms with Gasteiger partial charge in [-0.3, -0.25) is 0 Å². The van der Waals surface area contributed by atoms with Crippen molar-refractivity contribution in [2.75, 3.05) is 0 Å². The predicted octanol–water partition coefficient (Wildman–Crippen LogP) is 3.99. The van der Waals surface area contributed by atoms with E-state index in [9.17, 15) is 4.39 Å². The molecule has 1 nitrogen and oxygen atoms in total. The largest absolute Gasteiger partial charge is 0.241 e. The number of hydrogen-bond donors (Lipinski definition) is 0. The van der Waals surface area contributed by atoms with Crippen LogP contribution in [-0.2, 0) is 0 Å². The molecular weight excluding hydrogens is 224 g/mol. The van der Waals surface area contributed by atoms with Gasteiger partial charge in [-0.25, -0.2) is 9.37 Å². The molecule has 0 bridgehead atoms. The Kier molecular flexibility index (Phi) is 2.33. The fourth-order valence-corrected chi connectivity index (χ4v) is 1.79. The van der Waals surface area contributed by atoms with Gasteiger partial charge < -0.3 is 0 Å². The van der Waals surface area contributed by atoms with E-state index in [0.29, 0.717) is 15.9 Å². The molecule has 0 atom stereocenters. The molecule has 1 heterocycles. The van der Waals surface area contributed by atoms with Crippen LogP contribution in [0.5, 0.6) is 0 Å². The summed E-state index contributed by atoms with van der Waals surface area (Å²) in [5.41, 5.74) is 0.754. The van der Waals surface area contributed by atoms with Crippen molar-refractivity contribution in [3.63, 3.8) is 0 Å². The van der Waals surface area contributed by atoms with Crippen molar-refractivity contribution >= 4 is 34.0 Å². The van der Waals surface area contributed by atoms with E-state index in [4.69, 9.17) is 23.2 Å². The maximum atomic E-state index is 13.1. The van der Waals surface area contributed by atoms with E-state index < -0.39 is 5.82 Å². The topological polar surface area (TPSA) is 12.9 Å². The zero-order valence-corrected chi connectivity index (χ0v) is 8.83.